The van der Waals surface area contributed by atoms with E-state index in [-0.39, 0.29) is 11.9 Å². The van der Waals surface area contributed by atoms with E-state index >= 15 is 0 Å². The van der Waals surface area contributed by atoms with Crippen LogP contribution >= 0.6 is 0 Å². The molecule has 2 unspecified atom stereocenters. The molecule has 1 fully saturated rings. The predicted octanol–water partition coefficient (Wildman–Crippen LogP) is 1.18. The van der Waals surface area contributed by atoms with Gasteiger partial charge >= 0.3 is 5.97 Å². The first-order valence-corrected chi connectivity index (χ1v) is 6.57. The molecule has 0 aromatic rings. The molecule has 104 valence electrons. The lowest BCUT2D eigenvalue weighted by Gasteiger charge is -2.47. The molecule has 0 saturated carbocycles. The molecular weight excluding hydrogens is 232 g/mol. The number of hydrogen-bond acceptors (Lipinski definition) is 3. The third-order valence-electron chi connectivity index (χ3n) is 4.01. The van der Waals surface area contributed by atoms with Gasteiger partial charge in [0, 0.05) is 26.1 Å². The zero-order chi connectivity index (χ0) is 13.9. The summed E-state index contributed by atoms with van der Waals surface area (Å²) in [5.74, 6) is -1.01. The Morgan fingerprint density at radius 2 is 2.11 bits per heavy atom. The van der Waals surface area contributed by atoms with E-state index < -0.39 is 11.5 Å². The fraction of sp³-hybridized carbons (Fsp3) is 0.846. The van der Waals surface area contributed by atoms with Crippen molar-refractivity contribution in [3.05, 3.63) is 0 Å². The van der Waals surface area contributed by atoms with Crippen LogP contribution in [0, 0.1) is 0 Å². The minimum absolute atomic E-state index is 0.143. The molecule has 5 heteroatoms. The second-order valence-electron chi connectivity index (χ2n) is 5.29. The van der Waals surface area contributed by atoms with Crippen molar-refractivity contribution in [3.8, 4) is 0 Å². The van der Waals surface area contributed by atoms with Crippen molar-refractivity contribution in [3.63, 3.8) is 0 Å². The average molecular weight is 256 g/mol. The number of rotatable bonds is 4. The van der Waals surface area contributed by atoms with Crippen LogP contribution in [0.15, 0.2) is 0 Å². The summed E-state index contributed by atoms with van der Waals surface area (Å²) >= 11 is 0. The predicted molar refractivity (Wildman–Crippen MR) is 69.4 cm³/mol. The fourth-order valence-corrected chi connectivity index (χ4v) is 2.78. The molecule has 2 atom stereocenters. The third-order valence-corrected chi connectivity index (χ3v) is 4.01. The highest BCUT2D eigenvalue weighted by atomic mass is 16.4. The van der Waals surface area contributed by atoms with Crippen molar-refractivity contribution < 1.29 is 14.7 Å². The topological polar surface area (TPSA) is 60.9 Å². The van der Waals surface area contributed by atoms with Gasteiger partial charge in [-0.2, -0.15) is 0 Å². The zero-order valence-electron chi connectivity index (χ0n) is 11.8. The summed E-state index contributed by atoms with van der Waals surface area (Å²) in [5, 5.41) is 9.63. The Bertz CT molecular complexity index is 332. The molecule has 1 amide bonds. The van der Waals surface area contributed by atoms with Crippen LogP contribution in [0.4, 0.5) is 0 Å². The van der Waals surface area contributed by atoms with Crippen LogP contribution in [0.5, 0.6) is 0 Å². The van der Waals surface area contributed by atoms with Gasteiger partial charge in [-0.05, 0) is 33.2 Å². The van der Waals surface area contributed by atoms with Gasteiger partial charge < -0.3 is 14.9 Å². The second-order valence-corrected chi connectivity index (χ2v) is 5.29. The SMILES string of the molecule is CCCN(C(C)=O)C1(C(=O)O)CCN(C)C(C)C1. The number of piperidine rings is 1. The summed E-state index contributed by atoms with van der Waals surface area (Å²) in [4.78, 5) is 27.2. The standard InChI is InChI=1S/C13H24N2O3/c1-5-7-15(11(3)16)13(12(17)18)6-8-14(4)10(2)9-13/h10H,5-9H2,1-4H3,(H,17,18). The molecule has 1 rings (SSSR count). The molecule has 1 aliphatic heterocycles. The van der Waals surface area contributed by atoms with Crippen molar-refractivity contribution in [2.24, 2.45) is 0 Å². The molecule has 18 heavy (non-hydrogen) atoms. The van der Waals surface area contributed by atoms with Gasteiger partial charge in [0.05, 0.1) is 0 Å². The van der Waals surface area contributed by atoms with E-state index in [1.165, 1.54) is 6.92 Å². The van der Waals surface area contributed by atoms with Gasteiger partial charge in [-0.1, -0.05) is 6.92 Å². The number of amides is 1. The Labute approximate surface area is 109 Å². The first kappa shape index (κ1) is 15.0. The molecular formula is C13H24N2O3. The smallest absolute Gasteiger partial charge is 0.329 e. The van der Waals surface area contributed by atoms with Crippen molar-refractivity contribution in [1.29, 1.82) is 0 Å². The van der Waals surface area contributed by atoms with Crippen molar-refractivity contribution >= 4 is 11.9 Å². The van der Waals surface area contributed by atoms with Gasteiger partial charge in [0.15, 0.2) is 0 Å². The van der Waals surface area contributed by atoms with Gasteiger partial charge in [0.25, 0.3) is 0 Å². The molecule has 5 nitrogen and oxygen atoms in total. The molecule has 1 aliphatic rings. The molecule has 1 heterocycles. The normalized spacial score (nSPS) is 29.0. The van der Waals surface area contributed by atoms with Crippen LogP contribution in [0.3, 0.4) is 0 Å². The molecule has 0 aliphatic carbocycles. The molecule has 1 saturated heterocycles. The Kier molecular flexibility index (Phi) is 4.73. The molecule has 1 N–H and O–H groups in total. The first-order valence-electron chi connectivity index (χ1n) is 6.57. The van der Waals surface area contributed by atoms with Gasteiger partial charge in [0.1, 0.15) is 5.54 Å². The van der Waals surface area contributed by atoms with E-state index in [1.807, 2.05) is 20.9 Å². The summed E-state index contributed by atoms with van der Waals surface area (Å²) in [6, 6.07) is 0.175. The van der Waals surface area contributed by atoms with Gasteiger partial charge in [0.2, 0.25) is 5.91 Å². The zero-order valence-corrected chi connectivity index (χ0v) is 11.8. The molecule has 0 aromatic heterocycles. The quantitative estimate of drug-likeness (QED) is 0.820. The molecule has 0 bridgehead atoms. The summed E-state index contributed by atoms with van der Waals surface area (Å²) < 4.78 is 0. The van der Waals surface area contributed by atoms with Crippen LogP contribution in [0.2, 0.25) is 0 Å². The first-order chi connectivity index (χ1) is 8.35. The monoisotopic (exact) mass is 256 g/mol. The van der Waals surface area contributed by atoms with Crippen LogP contribution in [-0.2, 0) is 9.59 Å². The van der Waals surface area contributed by atoms with Gasteiger partial charge in [-0.3, -0.25) is 4.79 Å². The summed E-state index contributed by atoms with van der Waals surface area (Å²) in [5.41, 5.74) is -1.02. The Morgan fingerprint density at radius 1 is 1.50 bits per heavy atom. The van der Waals surface area contributed by atoms with E-state index in [2.05, 4.69) is 4.90 Å². The van der Waals surface area contributed by atoms with E-state index in [0.717, 1.165) is 6.42 Å². The lowest BCUT2D eigenvalue weighted by molar-refractivity contribution is -0.163. The lowest BCUT2D eigenvalue weighted by Crippen LogP contribution is -2.63. The molecule has 0 spiro atoms. The Hall–Kier alpha value is -1.10. The molecule has 0 radical (unpaired) electrons. The Balaban J connectivity index is 3.06. The second kappa shape index (κ2) is 5.69. The van der Waals surface area contributed by atoms with E-state index in [0.29, 0.717) is 25.9 Å². The number of likely N-dealkylation sites (tertiary alicyclic amines) is 1. The van der Waals surface area contributed by atoms with Crippen molar-refractivity contribution in [2.75, 3.05) is 20.1 Å². The number of hydrogen-bond donors (Lipinski definition) is 1. The van der Waals surface area contributed by atoms with Crippen molar-refractivity contribution in [1.82, 2.24) is 9.80 Å². The number of carboxylic acids is 1. The molecule has 0 aromatic carbocycles. The summed E-state index contributed by atoms with van der Waals surface area (Å²) in [7, 11) is 1.99. The number of aliphatic carboxylic acids is 1. The van der Waals surface area contributed by atoms with E-state index in [9.17, 15) is 14.7 Å². The van der Waals surface area contributed by atoms with E-state index in [4.69, 9.17) is 0 Å². The third kappa shape index (κ3) is 2.66. The fourth-order valence-electron chi connectivity index (χ4n) is 2.78. The number of carbonyl (C=O) groups is 2. The summed E-state index contributed by atoms with van der Waals surface area (Å²) in [6.45, 7) is 6.66. The van der Waals surface area contributed by atoms with E-state index in [1.54, 1.807) is 4.90 Å². The van der Waals surface area contributed by atoms with Crippen LogP contribution in [0.25, 0.3) is 0 Å². The lowest BCUT2D eigenvalue weighted by atomic mass is 9.82. The minimum Gasteiger partial charge on any atom is -0.479 e. The van der Waals surface area contributed by atoms with Gasteiger partial charge in [-0.25, -0.2) is 4.79 Å². The van der Waals surface area contributed by atoms with Crippen LogP contribution < -0.4 is 0 Å². The largest absolute Gasteiger partial charge is 0.479 e. The maximum atomic E-state index is 11.8. The number of carboxylic acid groups (broad SMARTS) is 1. The van der Waals surface area contributed by atoms with Crippen molar-refractivity contribution in [2.45, 2.75) is 51.6 Å². The average Bonchev–Trinajstić information content (AvgIpc) is 2.29. The van der Waals surface area contributed by atoms with Gasteiger partial charge in [-0.15, -0.1) is 0 Å². The highest BCUT2D eigenvalue weighted by molar-refractivity contribution is 5.86. The summed E-state index contributed by atoms with van der Waals surface area (Å²) in [6.07, 6.45) is 1.78. The Morgan fingerprint density at radius 3 is 2.50 bits per heavy atom. The van der Waals surface area contributed by atoms with Crippen LogP contribution in [-0.4, -0.2) is 58.5 Å². The highest BCUT2D eigenvalue weighted by Crippen LogP contribution is 2.32. The number of nitrogens with zero attached hydrogens (tertiary/aromatic N) is 2. The van der Waals surface area contributed by atoms with Crippen LogP contribution in [0.1, 0.15) is 40.0 Å². The highest BCUT2D eigenvalue weighted by Gasteiger charge is 2.48. The maximum Gasteiger partial charge on any atom is 0.329 e. The minimum atomic E-state index is -1.02. The number of carbonyl (C=O) groups excluding carboxylic acids is 1. The maximum absolute atomic E-state index is 11.8.